The molecule has 2 heterocycles. The van der Waals surface area contributed by atoms with E-state index in [-0.39, 0.29) is 23.5 Å². The Morgan fingerprint density at radius 1 is 1.06 bits per heavy atom. The van der Waals surface area contributed by atoms with E-state index in [1.807, 2.05) is 68.4 Å². The summed E-state index contributed by atoms with van der Waals surface area (Å²) in [6, 6.07) is 17.4. The zero-order valence-electron chi connectivity index (χ0n) is 19.3. The average molecular weight is 459 g/mol. The lowest BCUT2D eigenvalue weighted by atomic mass is 10.1. The molecule has 0 spiro atoms. The highest BCUT2D eigenvalue weighted by molar-refractivity contribution is 6.02. The van der Waals surface area contributed by atoms with Crippen molar-refractivity contribution in [2.45, 2.75) is 33.2 Å². The SMILES string of the molecule is CCOC(=O)c1cnn(-c2ccccc2)c1NC(=O)C(CC)n1c(=O)cc(C)c2ccccc21. The second-order valence-corrected chi connectivity index (χ2v) is 7.84. The number of hydrogen-bond acceptors (Lipinski definition) is 5. The molecule has 2 aromatic heterocycles. The van der Waals surface area contributed by atoms with Crippen molar-refractivity contribution in [2.75, 3.05) is 11.9 Å². The number of carbonyl (C=O) groups excluding carboxylic acids is 2. The van der Waals surface area contributed by atoms with E-state index in [1.54, 1.807) is 6.92 Å². The Bertz CT molecular complexity index is 1410. The average Bonchev–Trinajstić information content (AvgIpc) is 3.25. The number of aryl methyl sites for hydroxylation is 1. The number of amides is 1. The van der Waals surface area contributed by atoms with Crippen LogP contribution >= 0.6 is 0 Å². The van der Waals surface area contributed by atoms with Gasteiger partial charge in [0.15, 0.2) is 5.82 Å². The number of ether oxygens (including phenoxy) is 1. The number of rotatable bonds is 7. The molecule has 0 bridgehead atoms. The van der Waals surface area contributed by atoms with Crippen molar-refractivity contribution in [3.63, 3.8) is 0 Å². The van der Waals surface area contributed by atoms with E-state index < -0.39 is 17.9 Å². The molecule has 1 atom stereocenters. The Kier molecular flexibility index (Phi) is 6.58. The van der Waals surface area contributed by atoms with Crippen molar-refractivity contribution in [1.29, 1.82) is 0 Å². The molecule has 1 amide bonds. The molecule has 1 unspecified atom stereocenters. The molecule has 2 aromatic carbocycles. The van der Waals surface area contributed by atoms with Gasteiger partial charge in [0, 0.05) is 11.5 Å². The summed E-state index contributed by atoms with van der Waals surface area (Å²) in [5.74, 6) is -0.828. The molecule has 0 saturated carbocycles. The van der Waals surface area contributed by atoms with E-state index >= 15 is 0 Å². The zero-order chi connectivity index (χ0) is 24.2. The first-order valence-corrected chi connectivity index (χ1v) is 11.2. The van der Waals surface area contributed by atoms with Gasteiger partial charge in [-0.1, -0.05) is 43.3 Å². The van der Waals surface area contributed by atoms with Gasteiger partial charge in [-0.3, -0.25) is 14.2 Å². The summed E-state index contributed by atoms with van der Waals surface area (Å²) >= 11 is 0. The number of hydrogen-bond donors (Lipinski definition) is 1. The van der Waals surface area contributed by atoms with Crippen molar-refractivity contribution < 1.29 is 14.3 Å². The van der Waals surface area contributed by atoms with Crippen LogP contribution < -0.4 is 10.9 Å². The van der Waals surface area contributed by atoms with Crippen LogP contribution in [0.2, 0.25) is 0 Å². The quantitative estimate of drug-likeness (QED) is 0.418. The summed E-state index contributed by atoms with van der Waals surface area (Å²) in [6.07, 6.45) is 1.74. The second kappa shape index (κ2) is 9.74. The molecule has 0 radical (unpaired) electrons. The molecular formula is C26H26N4O4. The highest BCUT2D eigenvalue weighted by atomic mass is 16.5. The Morgan fingerprint density at radius 3 is 2.47 bits per heavy atom. The fourth-order valence-corrected chi connectivity index (χ4v) is 4.07. The van der Waals surface area contributed by atoms with Gasteiger partial charge in [-0.05, 0) is 44.0 Å². The van der Waals surface area contributed by atoms with Crippen molar-refractivity contribution in [3.05, 3.63) is 88.3 Å². The van der Waals surface area contributed by atoms with Crippen molar-refractivity contribution in [2.24, 2.45) is 0 Å². The second-order valence-electron chi connectivity index (χ2n) is 7.84. The third kappa shape index (κ3) is 4.22. The Balaban J connectivity index is 1.79. The molecule has 8 nitrogen and oxygen atoms in total. The van der Waals surface area contributed by atoms with Crippen molar-refractivity contribution >= 4 is 28.6 Å². The number of para-hydroxylation sites is 2. The summed E-state index contributed by atoms with van der Waals surface area (Å²) in [6.45, 7) is 5.61. The zero-order valence-corrected chi connectivity index (χ0v) is 19.3. The first-order valence-electron chi connectivity index (χ1n) is 11.2. The molecule has 0 aliphatic rings. The topological polar surface area (TPSA) is 95.2 Å². The Labute approximate surface area is 196 Å². The van der Waals surface area contributed by atoms with Gasteiger partial charge in [-0.15, -0.1) is 0 Å². The molecule has 0 aliphatic carbocycles. The van der Waals surface area contributed by atoms with Crippen LogP contribution in [0, 0.1) is 6.92 Å². The van der Waals surface area contributed by atoms with Crippen LogP contribution in [0.5, 0.6) is 0 Å². The van der Waals surface area contributed by atoms with Gasteiger partial charge < -0.3 is 10.1 Å². The predicted octanol–water partition coefficient (Wildman–Crippen LogP) is 4.26. The van der Waals surface area contributed by atoms with Crippen LogP contribution in [-0.2, 0) is 9.53 Å². The van der Waals surface area contributed by atoms with Gasteiger partial charge in [0.05, 0.1) is 24.0 Å². The molecule has 1 N–H and O–H groups in total. The lowest BCUT2D eigenvalue weighted by Crippen LogP contribution is -2.34. The number of esters is 1. The molecule has 0 fully saturated rings. The monoisotopic (exact) mass is 458 g/mol. The van der Waals surface area contributed by atoms with Crippen LogP contribution in [-0.4, -0.2) is 32.8 Å². The number of nitrogens with one attached hydrogen (secondary N) is 1. The normalized spacial score (nSPS) is 11.9. The van der Waals surface area contributed by atoms with E-state index in [1.165, 1.54) is 21.5 Å². The fraction of sp³-hybridized carbons (Fsp3) is 0.231. The maximum absolute atomic E-state index is 13.6. The van der Waals surface area contributed by atoms with Gasteiger partial charge in [0.25, 0.3) is 5.56 Å². The minimum atomic E-state index is -0.799. The van der Waals surface area contributed by atoms with Crippen LogP contribution in [0.3, 0.4) is 0 Å². The number of anilines is 1. The molecule has 174 valence electrons. The molecule has 8 heteroatoms. The van der Waals surface area contributed by atoms with Crippen LogP contribution in [0.1, 0.15) is 42.2 Å². The summed E-state index contributed by atoms with van der Waals surface area (Å²) in [4.78, 5) is 39.2. The van der Waals surface area contributed by atoms with Crippen LogP contribution in [0.4, 0.5) is 5.82 Å². The van der Waals surface area contributed by atoms with Crippen molar-refractivity contribution in [3.8, 4) is 5.69 Å². The van der Waals surface area contributed by atoms with E-state index in [2.05, 4.69) is 10.4 Å². The maximum Gasteiger partial charge on any atom is 0.343 e. The number of carbonyl (C=O) groups is 2. The van der Waals surface area contributed by atoms with E-state index in [9.17, 15) is 14.4 Å². The number of aromatic nitrogens is 3. The molecular weight excluding hydrogens is 432 g/mol. The molecule has 0 saturated heterocycles. The van der Waals surface area contributed by atoms with Crippen molar-refractivity contribution in [1.82, 2.24) is 14.3 Å². The third-order valence-electron chi connectivity index (χ3n) is 5.67. The number of nitrogens with zero attached hydrogens (tertiary/aromatic N) is 3. The fourth-order valence-electron chi connectivity index (χ4n) is 4.07. The Morgan fingerprint density at radius 2 is 1.76 bits per heavy atom. The number of pyridine rings is 1. The minimum absolute atomic E-state index is 0.134. The van der Waals surface area contributed by atoms with Gasteiger partial charge in [0.2, 0.25) is 5.91 Å². The highest BCUT2D eigenvalue weighted by Gasteiger charge is 2.27. The third-order valence-corrected chi connectivity index (χ3v) is 5.67. The minimum Gasteiger partial charge on any atom is -0.462 e. The number of benzene rings is 2. The van der Waals surface area contributed by atoms with Crippen LogP contribution in [0.15, 0.2) is 71.7 Å². The summed E-state index contributed by atoms with van der Waals surface area (Å²) < 4.78 is 8.15. The standard InChI is InChI=1S/C26H26N4O4/c1-4-21(29-22-14-10-9-13-19(22)17(3)15-23(29)31)25(32)28-24-20(26(33)34-5-2)16-27-30(24)18-11-7-6-8-12-18/h6-16,21H,4-5H2,1-3H3,(H,28,32). The smallest absolute Gasteiger partial charge is 0.343 e. The highest BCUT2D eigenvalue weighted by Crippen LogP contribution is 2.25. The van der Waals surface area contributed by atoms with Gasteiger partial charge >= 0.3 is 5.97 Å². The predicted molar refractivity (Wildman–Crippen MR) is 130 cm³/mol. The summed E-state index contributed by atoms with van der Waals surface area (Å²) in [7, 11) is 0. The van der Waals surface area contributed by atoms with E-state index in [4.69, 9.17) is 4.74 Å². The van der Waals surface area contributed by atoms with E-state index in [0.29, 0.717) is 17.6 Å². The first-order chi connectivity index (χ1) is 16.5. The van der Waals surface area contributed by atoms with Gasteiger partial charge in [-0.25, -0.2) is 9.48 Å². The van der Waals surface area contributed by atoms with Crippen LogP contribution in [0.25, 0.3) is 16.6 Å². The van der Waals surface area contributed by atoms with E-state index in [0.717, 1.165) is 10.9 Å². The number of fused-ring (bicyclic) bond motifs is 1. The molecule has 4 rings (SSSR count). The molecule has 34 heavy (non-hydrogen) atoms. The largest absolute Gasteiger partial charge is 0.462 e. The molecule has 0 aliphatic heterocycles. The lowest BCUT2D eigenvalue weighted by Gasteiger charge is -2.21. The maximum atomic E-state index is 13.6. The summed E-state index contributed by atoms with van der Waals surface area (Å²) in [5.41, 5.74) is 2.06. The first kappa shape index (κ1) is 23.0. The lowest BCUT2D eigenvalue weighted by molar-refractivity contribution is -0.119. The molecule has 4 aromatic rings. The summed E-state index contributed by atoms with van der Waals surface area (Å²) in [5, 5.41) is 8.06. The Hall–Kier alpha value is -4.20. The van der Waals surface area contributed by atoms with Gasteiger partial charge in [-0.2, -0.15) is 5.10 Å². The van der Waals surface area contributed by atoms with Gasteiger partial charge in [0.1, 0.15) is 11.6 Å².